The van der Waals surface area contributed by atoms with Crippen LogP contribution in [0.3, 0.4) is 0 Å². The zero-order valence-electron chi connectivity index (χ0n) is 10.2. The summed E-state index contributed by atoms with van der Waals surface area (Å²) in [5.74, 6) is 0.884. The Morgan fingerprint density at radius 1 is 1.00 bits per heavy atom. The third kappa shape index (κ3) is 13.9. The number of hydrogen-bond donors (Lipinski definition) is 0. The maximum absolute atomic E-state index is 10.6. The first-order valence-electron chi connectivity index (χ1n) is 5.47. The van der Waals surface area contributed by atoms with Crippen molar-refractivity contribution in [3.63, 3.8) is 0 Å². The van der Waals surface area contributed by atoms with E-state index in [-0.39, 0.29) is 11.7 Å². The van der Waals surface area contributed by atoms with Crippen molar-refractivity contribution < 1.29 is 9.59 Å². The van der Waals surface area contributed by atoms with Gasteiger partial charge >= 0.3 is 0 Å². The van der Waals surface area contributed by atoms with Gasteiger partial charge in [0.05, 0.1) is 0 Å². The SMILES string of the molecule is CC(=O)C(C)C.CCCC(=O)CCC. The molecule has 0 aromatic carbocycles. The number of rotatable bonds is 5. The van der Waals surface area contributed by atoms with Gasteiger partial charge in [-0.1, -0.05) is 27.7 Å². The fourth-order valence-electron chi connectivity index (χ4n) is 0.683. The Labute approximate surface area is 88.1 Å². The molecule has 0 unspecified atom stereocenters. The molecule has 0 saturated carbocycles. The second-order valence-corrected chi connectivity index (χ2v) is 3.80. The van der Waals surface area contributed by atoms with E-state index in [2.05, 4.69) is 0 Å². The van der Waals surface area contributed by atoms with Crippen LogP contribution in [0.2, 0.25) is 0 Å². The lowest BCUT2D eigenvalue weighted by atomic mass is 10.1. The summed E-state index contributed by atoms with van der Waals surface area (Å²) in [6, 6.07) is 0. The Bertz CT molecular complexity index is 152. The lowest BCUT2D eigenvalue weighted by Crippen LogP contribution is -1.98. The van der Waals surface area contributed by atoms with E-state index in [4.69, 9.17) is 0 Å². The molecule has 14 heavy (non-hydrogen) atoms. The fourth-order valence-corrected chi connectivity index (χ4v) is 0.683. The highest BCUT2D eigenvalue weighted by molar-refractivity contribution is 5.78. The molecule has 0 heterocycles. The molecular weight excluding hydrogens is 176 g/mol. The molecule has 2 heteroatoms. The van der Waals surface area contributed by atoms with E-state index in [0.717, 1.165) is 25.7 Å². The molecule has 0 radical (unpaired) electrons. The van der Waals surface area contributed by atoms with Gasteiger partial charge in [0.1, 0.15) is 11.6 Å². The monoisotopic (exact) mass is 200 g/mol. The van der Waals surface area contributed by atoms with Gasteiger partial charge in [-0.05, 0) is 19.8 Å². The second kappa shape index (κ2) is 10.4. The van der Waals surface area contributed by atoms with Gasteiger partial charge in [0.25, 0.3) is 0 Å². The predicted octanol–water partition coefficient (Wildman–Crippen LogP) is 3.39. The van der Waals surface area contributed by atoms with Gasteiger partial charge in [0.15, 0.2) is 0 Å². The van der Waals surface area contributed by atoms with Gasteiger partial charge in [-0.3, -0.25) is 9.59 Å². The molecule has 0 fully saturated rings. The van der Waals surface area contributed by atoms with E-state index in [1.165, 1.54) is 0 Å². The number of hydrogen-bond acceptors (Lipinski definition) is 2. The molecule has 0 aromatic rings. The van der Waals surface area contributed by atoms with Crippen LogP contribution < -0.4 is 0 Å². The first-order valence-corrected chi connectivity index (χ1v) is 5.47. The Hall–Kier alpha value is -0.660. The minimum atomic E-state index is 0.213. The molecule has 0 rings (SSSR count). The Kier molecular flexibility index (Phi) is 11.8. The summed E-state index contributed by atoms with van der Waals surface area (Å²) in [5, 5.41) is 0. The summed E-state index contributed by atoms with van der Waals surface area (Å²) in [5.41, 5.74) is 0. The molecule has 0 aliphatic rings. The lowest BCUT2D eigenvalue weighted by molar-refractivity contribution is -0.120. The minimum Gasteiger partial charge on any atom is -0.300 e. The van der Waals surface area contributed by atoms with Crippen molar-refractivity contribution in [1.29, 1.82) is 0 Å². The van der Waals surface area contributed by atoms with E-state index in [1.807, 2.05) is 27.7 Å². The molecule has 0 aliphatic carbocycles. The average Bonchev–Trinajstić information content (AvgIpc) is 2.06. The number of Topliss-reactive ketones (excluding diaryl/α,β-unsaturated/α-hetero) is 2. The third-order valence-electron chi connectivity index (χ3n) is 1.87. The van der Waals surface area contributed by atoms with Crippen molar-refractivity contribution in [2.75, 3.05) is 0 Å². The lowest BCUT2D eigenvalue weighted by Gasteiger charge is -1.91. The molecule has 0 spiro atoms. The zero-order valence-corrected chi connectivity index (χ0v) is 10.2. The normalized spacial score (nSPS) is 9.29. The first kappa shape index (κ1) is 15.8. The van der Waals surface area contributed by atoms with Crippen molar-refractivity contribution in [2.24, 2.45) is 5.92 Å². The summed E-state index contributed by atoms with van der Waals surface area (Å²) in [6.07, 6.45) is 3.54. The quantitative estimate of drug-likeness (QED) is 0.681. The van der Waals surface area contributed by atoms with Crippen molar-refractivity contribution in [3.8, 4) is 0 Å². The summed E-state index contributed by atoms with van der Waals surface area (Å²) < 4.78 is 0. The van der Waals surface area contributed by atoms with E-state index >= 15 is 0 Å². The van der Waals surface area contributed by atoms with E-state index in [0.29, 0.717) is 5.78 Å². The van der Waals surface area contributed by atoms with E-state index < -0.39 is 0 Å². The molecule has 0 atom stereocenters. The van der Waals surface area contributed by atoms with Crippen LogP contribution >= 0.6 is 0 Å². The highest BCUT2D eigenvalue weighted by atomic mass is 16.1. The first-order chi connectivity index (χ1) is 6.45. The summed E-state index contributed by atoms with van der Waals surface area (Å²) in [6.45, 7) is 9.45. The molecule has 0 amide bonds. The highest BCUT2D eigenvalue weighted by Crippen LogP contribution is 1.95. The number of ketones is 2. The van der Waals surface area contributed by atoms with Gasteiger partial charge in [-0.25, -0.2) is 0 Å². The zero-order chi connectivity index (χ0) is 11.6. The van der Waals surface area contributed by atoms with Crippen molar-refractivity contribution in [3.05, 3.63) is 0 Å². The maximum Gasteiger partial charge on any atom is 0.132 e. The summed E-state index contributed by atoms with van der Waals surface area (Å²) >= 11 is 0. The van der Waals surface area contributed by atoms with Gasteiger partial charge in [0, 0.05) is 18.8 Å². The predicted molar refractivity (Wildman–Crippen MR) is 60.3 cm³/mol. The molecule has 0 aliphatic heterocycles. The summed E-state index contributed by atoms with van der Waals surface area (Å²) in [7, 11) is 0. The molecule has 0 bridgehead atoms. The van der Waals surface area contributed by atoms with Crippen LogP contribution in [0.5, 0.6) is 0 Å². The number of carbonyl (C=O) groups excluding carboxylic acids is 2. The van der Waals surface area contributed by atoms with Crippen LogP contribution in [0.25, 0.3) is 0 Å². The topological polar surface area (TPSA) is 34.1 Å². The second-order valence-electron chi connectivity index (χ2n) is 3.80. The van der Waals surface area contributed by atoms with Crippen LogP contribution in [-0.2, 0) is 9.59 Å². The van der Waals surface area contributed by atoms with E-state index in [1.54, 1.807) is 6.92 Å². The van der Waals surface area contributed by atoms with Gasteiger partial charge in [-0.2, -0.15) is 0 Å². The highest BCUT2D eigenvalue weighted by Gasteiger charge is 1.95. The van der Waals surface area contributed by atoms with Crippen molar-refractivity contribution in [1.82, 2.24) is 0 Å². The van der Waals surface area contributed by atoms with Gasteiger partial charge in [-0.15, -0.1) is 0 Å². The molecule has 0 N–H and O–H groups in total. The van der Waals surface area contributed by atoms with E-state index in [9.17, 15) is 9.59 Å². The third-order valence-corrected chi connectivity index (χ3v) is 1.87. The van der Waals surface area contributed by atoms with Crippen molar-refractivity contribution in [2.45, 2.75) is 60.3 Å². The largest absolute Gasteiger partial charge is 0.300 e. The maximum atomic E-state index is 10.6. The Morgan fingerprint density at radius 3 is 1.43 bits per heavy atom. The smallest absolute Gasteiger partial charge is 0.132 e. The Morgan fingerprint density at radius 2 is 1.29 bits per heavy atom. The molecule has 2 nitrogen and oxygen atoms in total. The van der Waals surface area contributed by atoms with Crippen LogP contribution in [0.15, 0.2) is 0 Å². The minimum absolute atomic E-state index is 0.213. The number of carbonyl (C=O) groups is 2. The molecule has 84 valence electrons. The standard InChI is InChI=1S/C7H14O.C5H10O/c1-3-5-7(8)6-4-2;1-4(2)5(3)6/h3-6H2,1-2H3;4H,1-3H3. The van der Waals surface area contributed by atoms with Crippen LogP contribution in [0, 0.1) is 5.92 Å². The Balaban J connectivity index is 0. The average molecular weight is 200 g/mol. The van der Waals surface area contributed by atoms with Gasteiger partial charge < -0.3 is 0 Å². The fraction of sp³-hybridized carbons (Fsp3) is 0.833. The van der Waals surface area contributed by atoms with Crippen LogP contribution in [0.4, 0.5) is 0 Å². The van der Waals surface area contributed by atoms with Crippen molar-refractivity contribution >= 4 is 11.6 Å². The molecular formula is C12H24O2. The summed E-state index contributed by atoms with van der Waals surface area (Å²) in [4.78, 5) is 20.8. The van der Waals surface area contributed by atoms with Gasteiger partial charge in [0.2, 0.25) is 0 Å². The molecule has 0 aromatic heterocycles. The van der Waals surface area contributed by atoms with Crippen LogP contribution in [-0.4, -0.2) is 11.6 Å². The van der Waals surface area contributed by atoms with Crippen LogP contribution in [0.1, 0.15) is 60.3 Å². The molecule has 0 saturated heterocycles.